The molecule has 0 radical (unpaired) electrons. The summed E-state index contributed by atoms with van der Waals surface area (Å²) in [6.45, 7) is 5.98. The summed E-state index contributed by atoms with van der Waals surface area (Å²) < 4.78 is 0. The highest BCUT2D eigenvalue weighted by Gasteiger charge is 2.23. The molecule has 0 saturated carbocycles. The van der Waals surface area contributed by atoms with Gasteiger partial charge in [-0.3, -0.25) is 9.59 Å². The van der Waals surface area contributed by atoms with Crippen LogP contribution in [0.25, 0.3) is 0 Å². The molecule has 2 aromatic carbocycles. The molecule has 2 aromatic rings. The monoisotopic (exact) mass is 372 g/mol. The van der Waals surface area contributed by atoms with Crippen LogP contribution < -0.4 is 10.6 Å². The van der Waals surface area contributed by atoms with Gasteiger partial charge in [-0.15, -0.1) is 0 Å². The lowest BCUT2D eigenvalue weighted by atomic mass is 9.99. The molecule has 0 aliphatic rings. The third-order valence-corrected chi connectivity index (χ3v) is 4.71. The third-order valence-electron chi connectivity index (χ3n) is 4.38. The van der Waals surface area contributed by atoms with Crippen LogP contribution in [0.4, 0.5) is 0 Å². The molecule has 0 saturated heterocycles. The van der Waals surface area contributed by atoms with E-state index in [-0.39, 0.29) is 23.8 Å². The van der Waals surface area contributed by atoms with Crippen molar-refractivity contribution in [3.63, 3.8) is 0 Å². The van der Waals surface area contributed by atoms with E-state index in [4.69, 9.17) is 11.6 Å². The van der Waals surface area contributed by atoms with Gasteiger partial charge in [0.1, 0.15) is 0 Å². The van der Waals surface area contributed by atoms with E-state index in [9.17, 15) is 9.59 Å². The number of carbonyl (C=O) groups is 2. The molecule has 2 amide bonds. The van der Waals surface area contributed by atoms with Crippen molar-refractivity contribution < 1.29 is 9.59 Å². The van der Waals surface area contributed by atoms with E-state index in [0.29, 0.717) is 10.6 Å². The Bertz CT molecular complexity index is 760. The highest BCUT2D eigenvalue weighted by atomic mass is 35.5. The van der Waals surface area contributed by atoms with Crippen LogP contribution in [0.1, 0.15) is 55.6 Å². The summed E-state index contributed by atoms with van der Waals surface area (Å²) in [7, 11) is 0. The zero-order chi connectivity index (χ0) is 19.2. The first-order valence-corrected chi connectivity index (χ1v) is 9.11. The molecule has 0 bridgehead atoms. The van der Waals surface area contributed by atoms with Gasteiger partial charge in [0.25, 0.3) is 5.91 Å². The Hall–Kier alpha value is -2.33. The van der Waals surface area contributed by atoms with E-state index in [2.05, 4.69) is 10.6 Å². The van der Waals surface area contributed by atoms with Crippen LogP contribution in [0.3, 0.4) is 0 Å². The minimum atomic E-state index is -0.437. The number of amides is 2. The molecule has 0 aromatic heterocycles. The van der Waals surface area contributed by atoms with Gasteiger partial charge in [-0.25, -0.2) is 0 Å². The largest absolute Gasteiger partial charge is 0.351 e. The first kappa shape index (κ1) is 20.0. The number of nitrogens with one attached hydrogen (secondary N) is 2. The second kappa shape index (κ2) is 8.86. The predicted octanol–water partition coefficient (Wildman–Crippen LogP) is 4.51. The number of benzene rings is 2. The predicted molar refractivity (Wildman–Crippen MR) is 105 cm³/mol. The van der Waals surface area contributed by atoms with Crippen LogP contribution in [-0.2, 0) is 4.79 Å². The van der Waals surface area contributed by atoms with Crippen LogP contribution in [0.2, 0.25) is 5.02 Å². The summed E-state index contributed by atoms with van der Waals surface area (Å²) in [5.41, 5.74) is 0.979. The van der Waals surface area contributed by atoms with E-state index >= 15 is 0 Å². The van der Waals surface area contributed by atoms with Crippen LogP contribution in [0.15, 0.2) is 54.6 Å². The summed E-state index contributed by atoms with van der Waals surface area (Å²) >= 11 is 6.12. The highest BCUT2D eigenvalue weighted by Crippen LogP contribution is 2.21. The van der Waals surface area contributed by atoms with Gasteiger partial charge >= 0.3 is 0 Å². The smallest absolute Gasteiger partial charge is 0.253 e. The number of carbonyl (C=O) groups excluding carboxylic acids is 2. The summed E-state index contributed by atoms with van der Waals surface area (Å²) in [5, 5.41) is 6.34. The maximum Gasteiger partial charge on any atom is 0.253 e. The zero-order valence-corrected chi connectivity index (χ0v) is 16.1. The van der Waals surface area contributed by atoms with Crippen LogP contribution in [-0.4, -0.2) is 17.4 Å². The lowest BCUT2D eigenvalue weighted by molar-refractivity contribution is -0.123. The van der Waals surface area contributed by atoms with Gasteiger partial charge in [0.15, 0.2) is 0 Å². The van der Waals surface area contributed by atoms with Crippen molar-refractivity contribution in [2.24, 2.45) is 0 Å². The van der Waals surface area contributed by atoms with Crippen molar-refractivity contribution in [1.82, 2.24) is 10.6 Å². The first-order valence-electron chi connectivity index (χ1n) is 8.74. The van der Waals surface area contributed by atoms with E-state index < -0.39 is 6.04 Å². The number of rotatable bonds is 7. The molecule has 0 spiro atoms. The van der Waals surface area contributed by atoms with E-state index in [0.717, 1.165) is 12.0 Å². The molecule has 138 valence electrons. The van der Waals surface area contributed by atoms with Gasteiger partial charge < -0.3 is 10.6 Å². The van der Waals surface area contributed by atoms with Gasteiger partial charge in [-0.05, 0) is 38.0 Å². The van der Waals surface area contributed by atoms with E-state index in [1.165, 1.54) is 0 Å². The Balaban J connectivity index is 2.18. The average Bonchev–Trinajstić information content (AvgIpc) is 2.61. The topological polar surface area (TPSA) is 58.2 Å². The molecule has 0 fully saturated rings. The van der Waals surface area contributed by atoms with Gasteiger partial charge in [0.05, 0.1) is 23.0 Å². The average molecular weight is 373 g/mol. The minimum Gasteiger partial charge on any atom is -0.351 e. The molecule has 2 N–H and O–H groups in total. The van der Waals surface area contributed by atoms with Crippen LogP contribution in [0, 0.1) is 0 Å². The lowest BCUT2D eigenvalue weighted by Gasteiger charge is -2.26. The Morgan fingerprint density at radius 2 is 1.65 bits per heavy atom. The molecule has 1 atom stereocenters. The van der Waals surface area contributed by atoms with Crippen molar-refractivity contribution in [2.45, 2.75) is 45.2 Å². The van der Waals surface area contributed by atoms with Crippen molar-refractivity contribution in [3.8, 4) is 0 Å². The Morgan fingerprint density at radius 1 is 1.04 bits per heavy atom. The summed E-state index contributed by atoms with van der Waals surface area (Å²) in [5.74, 6) is -0.405. The molecule has 0 aliphatic heterocycles. The molecular formula is C21H25ClN2O2. The standard InChI is InChI=1S/C21H25ClN2O2/c1-4-21(2,3)24-19(25)14-18(15-10-6-5-7-11-15)23-20(26)16-12-8-9-13-17(16)22/h5-13,18H,4,14H2,1-3H3,(H,23,26)(H,24,25). The number of hydrogen-bond donors (Lipinski definition) is 2. The molecular weight excluding hydrogens is 348 g/mol. The summed E-state index contributed by atoms with van der Waals surface area (Å²) in [4.78, 5) is 25.1. The zero-order valence-electron chi connectivity index (χ0n) is 15.4. The molecule has 1 unspecified atom stereocenters. The van der Waals surface area contributed by atoms with Crippen molar-refractivity contribution in [1.29, 1.82) is 0 Å². The molecule has 4 nitrogen and oxygen atoms in total. The number of halogens is 1. The lowest BCUT2D eigenvalue weighted by Crippen LogP contribution is -2.44. The van der Waals surface area contributed by atoms with E-state index in [1.807, 2.05) is 51.1 Å². The first-order chi connectivity index (χ1) is 12.3. The normalized spacial score (nSPS) is 12.3. The highest BCUT2D eigenvalue weighted by molar-refractivity contribution is 6.33. The molecule has 5 heteroatoms. The van der Waals surface area contributed by atoms with Crippen LogP contribution in [0.5, 0.6) is 0 Å². The maximum atomic E-state index is 12.6. The summed E-state index contributed by atoms with van der Waals surface area (Å²) in [6.07, 6.45) is 0.977. The molecule has 2 rings (SSSR count). The summed E-state index contributed by atoms with van der Waals surface area (Å²) in [6, 6.07) is 15.9. The maximum absolute atomic E-state index is 12.6. The Labute approximate surface area is 159 Å². The Morgan fingerprint density at radius 3 is 2.27 bits per heavy atom. The molecule has 0 heterocycles. The van der Waals surface area contributed by atoms with Gasteiger partial charge in [0, 0.05) is 5.54 Å². The van der Waals surface area contributed by atoms with E-state index in [1.54, 1.807) is 24.3 Å². The third kappa shape index (κ3) is 5.60. The molecule has 26 heavy (non-hydrogen) atoms. The quantitative estimate of drug-likeness (QED) is 0.751. The van der Waals surface area contributed by atoms with Crippen molar-refractivity contribution >= 4 is 23.4 Å². The fourth-order valence-corrected chi connectivity index (χ4v) is 2.74. The molecule has 0 aliphatic carbocycles. The number of hydrogen-bond acceptors (Lipinski definition) is 2. The van der Waals surface area contributed by atoms with Crippen molar-refractivity contribution in [2.75, 3.05) is 0 Å². The Kier molecular flexibility index (Phi) is 6.81. The fourth-order valence-electron chi connectivity index (χ4n) is 2.52. The van der Waals surface area contributed by atoms with Gasteiger partial charge in [-0.1, -0.05) is 61.0 Å². The van der Waals surface area contributed by atoms with Gasteiger partial charge in [0.2, 0.25) is 5.91 Å². The fraction of sp³-hybridized carbons (Fsp3) is 0.333. The van der Waals surface area contributed by atoms with Crippen LogP contribution >= 0.6 is 11.6 Å². The SMILES string of the molecule is CCC(C)(C)NC(=O)CC(NC(=O)c1ccccc1Cl)c1ccccc1. The minimum absolute atomic E-state index is 0.106. The van der Waals surface area contributed by atoms with Crippen molar-refractivity contribution in [3.05, 3.63) is 70.7 Å². The second-order valence-electron chi connectivity index (χ2n) is 6.91. The van der Waals surface area contributed by atoms with Gasteiger partial charge in [-0.2, -0.15) is 0 Å². The second-order valence-corrected chi connectivity index (χ2v) is 7.31.